The van der Waals surface area contributed by atoms with Gasteiger partial charge < -0.3 is 0 Å². The van der Waals surface area contributed by atoms with Crippen molar-refractivity contribution < 1.29 is 0 Å². The van der Waals surface area contributed by atoms with Crippen LogP contribution in [0, 0.1) is 0 Å². The van der Waals surface area contributed by atoms with Gasteiger partial charge in [-0.25, -0.2) is 0 Å². The molecule has 22 heavy (non-hydrogen) atoms. The third-order valence-corrected chi connectivity index (χ3v) is 4.81. The van der Waals surface area contributed by atoms with Crippen molar-refractivity contribution in [3.63, 3.8) is 0 Å². The van der Waals surface area contributed by atoms with Crippen LogP contribution in [0.2, 0.25) is 0 Å². The van der Waals surface area contributed by atoms with E-state index in [4.69, 9.17) is 0 Å². The normalized spacial score (nSPS) is 13.0. The highest BCUT2D eigenvalue weighted by Crippen LogP contribution is 2.38. The summed E-state index contributed by atoms with van der Waals surface area (Å²) in [6.07, 6.45) is 3.88. The summed E-state index contributed by atoms with van der Waals surface area (Å²) in [6.45, 7) is 0. The number of fused-ring (bicyclic) bond motifs is 3. The summed E-state index contributed by atoms with van der Waals surface area (Å²) in [5.41, 5.74) is 7.40. The van der Waals surface area contributed by atoms with Crippen molar-refractivity contribution in [3.05, 3.63) is 59.2 Å². The fraction of sp³-hybridized carbons (Fsp3) is 0.400. The van der Waals surface area contributed by atoms with Crippen LogP contribution in [0.15, 0.2) is 42.5 Å². The molecule has 2 aromatic rings. The van der Waals surface area contributed by atoms with E-state index in [1.54, 1.807) is 5.56 Å². The summed E-state index contributed by atoms with van der Waals surface area (Å²) < 4.78 is 0. The number of benzene rings is 2. The van der Waals surface area contributed by atoms with E-state index in [-0.39, 0.29) is 0 Å². The molecule has 116 valence electrons. The quantitative estimate of drug-likeness (QED) is 0.663. The van der Waals surface area contributed by atoms with Gasteiger partial charge in [-0.1, -0.05) is 42.5 Å². The Morgan fingerprint density at radius 2 is 1.55 bits per heavy atom. The molecule has 2 nitrogen and oxygen atoms in total. The van der Waals surface area contributed by atoms with Gasteiger partial charge in [0.2, 0.25) is 0 Å². The molecule has 0 atom stereocenters. The maximum absolute atomic E-state index is 2.31. The molecule has 1 aliphatic rings. The van der Waals surface area contributed by atoms with Crippen LogP contribution < -0.4 is 0 Å². The van der Waals surface area contributed by atoms with Gasteiger partial charge in [0.05, 0.1) is 6.17 Å². The van der Waals surface area contributed by atoms with Crippen LogP contribution in [0.25, 0.3) is 11.1 Å². The van der Waals surface area contributed by atoms with E-state index in [2.05, 4.69) is 80.5 Å². The third kappa shape index (κ3) is 2.81. The Hall–Kier alpha value is -1.64. The van der Waals surface area contributed by atoms with Crippen LogP contribution in [0.4, 0.5) is 0 Å². The number of nitrogens with zero attached hydrogens (tertiary/aromatic N) is 2. The first-order valence-corrected chi connectivity index (χ1v) is 8.10. The molecular weight excluding hydrogens is 268 g/mol. The van der Waals surface area contributed by atoms with E-state index in [9.17, 15) is 0 Å². The van der Waals surface area contributed by atoms with Crippen molar-refractivity contribution in [3.8, 4) is 11.1 Å². The molecule has 3 rings (SSSR count). The minimum atomic E-state index is 0.486. The predicted molar refractivity (Wildman–Crippen MR) is 94.2 cm³/mol. The zero-order chi connectivity index (χ0) is 15.7. The Kier molecular flexibility index (Phi) is 4.32. The molecule has 0 unspecified atom stereocenters. The van der Waals surface area contributed by atoms with Gasteiger partial charge in [-0.05, 0) is 75.3 Å². The lowest BCUT2D eigenvalue weighted by atomic mass is 9.97. The monoisotopic (exact) mass is 294 g/mol. The van der Waals surface area contributed by atoms with Crippen LogP contribution in [0.1, 0.15) is 23.1 Å². The van der Waals surface area contributed by atoms with Gasteiger partial charge in [-0.3, -0.25) is 9.80 Å². The minimum absolute atomic E-state index is 0.486. The average Bonchev–Trinajstić information content (AvgIpc) is 2.86. The van der Waals surface area contributed by atoms with Gasteiger partial charge in [0.1, 0.15) is 0 Å². The fourth-order valence-electron chi connectivity index (χ4n) is 3.72. The first-order chi connectivity index (χ1) is 10.6. The van der Waals surface area contributed by atoms with Gasteiger partial charge in [0.15, 0.2) is 0 Å². The molecule has 1 aliphatic carbocycles. The average molecular weight is 294 g/mol. The van der Waals surface area contributed by atoms with E-state index in [1.165, 1.54) is 22.3 Å². The Balaban J connectivity index is 1.83. The van der Waals surface area contributed by atoms with Crippen molar-refractivity contribution in [2.24, 2.45) is 0 Å². The largest absolute Gasteiger partial charge is 0.294 e. The summed E-state index contributed by atoms with van der Waals surface area (Å²) in [4.78, 5) is 4.61. The smallest absolute Gasteiger partial charge is 0.0615 e. The lowest BCUT2D eigenvalue weighted by molar-refractivity contribution is 0.120. The van der Waals surface area contributed by atoms with Gasteiger partial charge in [0.25, 0.3) is 0 Å². The first kappa shape index (κ1) is 15.3. The summed E-state index contributed by atoms with van der Waals surface area (Å²) in [5, 5.41) is 0. The fourth-order valence-corrected chi connectivity index (χ4v) is 3.72. The topological polar surface area (TPSA) is 6.48 Å². The van der Waals surface area contributed by atoms with Crippen molar-refractivity contribution in [1.82, 2.24) is 9.80 Å². The minimum Gasteiger partial charge on any atom is -0.294 e. The van der Waals surface area contributed by atoms with Crippen molar-refractivity contribution in [1.29, 1.82) is 0 Å². The SMILES string of the molecule is CN(C)C(CCc1cccc2c1Cc1ccccc1-2)N(C)C. The molecule has 0 saturated carbocycles. The Morgan fingerprint density at radius 1 is 0.864 bits per heavy atom. The molecule has 0 N–H and O–H groups in total. The molecule has 0 aromatic heterocycles. The van der Waals surface area contributed by atoms with E-state index >= 15 is 0 Å². The van der Waals surface area contributed by atoms with Gasteiger partial charge in [0, 0.05) is 0 Å². The molecule has 0 fully saturated rings. The molecule has 0 aliphatic heterocycles. The Bertz CT molecular complexity index is 651. The second-order valence-corrected chi connectivity index (χ2v) is 6.72. The van der Waals surface area contributed by atoms with Crippen molar-refractivity contribution in [2.75, 3.05) is 28.2 Å². The highest BCUT2D eigenvalue weighted by Gasteiger charge is 2.21. The summed E-state index contributed by atoms with van der Waals surface area (Å²) in [5.74, 6) is 0. The summed E-state index contributed by atoms with van der Waals surface area (Å²) >= 11 is 0. The van der Waals surface area contributed by atoms with Gasteiger partial charge >= 0.3 is 0 Å². The number of aryl methyl sites for hydroxylation is 1. The predicted octanol–water partition coefficient (Wildman–Crippen LogP) is 3.64. The zero-order valence-corrected chi connectivity index (χ0v) is 14.1. The number of hydrogen-bond acceptors (Lipinski definition) is 2. The molecule has 0 saturated heterocycles. The molecule has 2 heteroatoms. The lowest BCUT2D eigenvalue weighted by Crippen LogP contribution is -2.40. The second-order valence-electron chi connectivity index (χ2n) is 6.72. The van der Waals surface area contributed by atoms with Crippen molar-refractivity contribution in [2.45, 2.75) is 25.4 Å². The van der Waals surface area contributed by atoms with Crippen LogP contribution >= 0.6 is 0 Å². The molecule has 0 radical (unpaired) electrons. The van der Waals surface area contributed by atoms with E-state index in [0.29, 0.717) is 6.17 Å². The maximum Gasteiger partial charge on any atom is 0.0615 e. The van der Waals surface area contributed by atoms with Crippen LogP contribution in [-0.2, 0) is 12.8 Å². The van der Waals surface area contributed by atoms with E-state index in [1.807, 2.05) is 0 Å². The molecule has 0 spiro atoms. The summed E-state index contributed by atoms with van der Waals surface area (Å²) in [6, 6.07) is 15.6. The van der Waals surface area contributed by atoms with E-state index in [0.717, 1.165) is 19.3 Å². The molecule has 0 bridgehead atoms. The standard InChI is InChI=1S/C20H26N2/c1-21(2)20(22(3)4)13-12-15-9-7-11-18-17-10-6-5-8-16(17)14-19(15)18/h5-11,20H,12-14H2,1-4H3. The van der Waals surface area contributed by atoms with Crippen LogP contribution in [0.5, 0.6) is 0 Å². The summed E-state index contributed by atoms with van der Waals surface area (Å²) in [7, 11) is 8.65. The maximum atomic E-state index is 2.31. The third-order valence-electron chi connectivity index (χ3n) is 4.81. The molecule has 2 aromatic carbocycles. The highest BCUT2D eigenvalue weighted by atomic mass is 15.3. The molecule has 0 amide bonds. The first-order valence-electron chi connectivity index (χ1n) is 8.10. The Labute approximate surface area is 134 Å². The molecule has 0 heterocycles. The van der Waals surface area contributed by atoms with E-state index < -0.39 is 0 Å². The molecular formula is C20H26N2. The van der Waals surface area contributed by atoms with Gasteiger partial charge in [-0.15, -0.1) is 0 Å². The second kappa shape index (κ2) is 6.23. The number of hydrogen-bond donors (Lipinski definition) is 0. The Morgan fingerprint density at radius 3 is 2.27 bits per heavy atom. The van der Waals surface area contributed by atoms with Crippen LogP contribution in [-0.4, -0.2) is 44.2 Å². The lowest BCUT2D eigenvalue weighted by Gasteiger charge is -2.30. The van der Waals surface area contributed by atoms with Crippen molar-refractivity contribution >= 4 is 0 Å². The highest BCUT2D eigenvalue weighted by molar-refractivity contribution is 5.77. The number of rotatable bonds is 5. The zero-order valence-electron chi connectivity index (χ0n) is 14.1. The van der Waals surface area contributed by atoms with Crippen LogP contribution in [0.3, 0.4) is 0 Å². The van der Waals surface area contributed by atoms with Gasteiger partial charge in [-0.2, -0.15) is 0 Å².